The number of esters is 1. The van der Waals surface area contributed by atoms with E-state index in [4.69, 9.17) is 21.5 Å². The summed E-state index contributed by atoms with van der Waals surface area (Å²) in [5, 5.41) is 5.69. The fourth-order valence-electron chi connectivity index (χ4n) is 2.38. The zero-order valence-corrected chi connectivity index (χ0v) is 15.2. The minimum atomic E-state index is -3.80. The Morgan fingerprint density at radius 3 is 2.27 bits per heavy atom. The van der Waals surface area contributed by atoms with Crippen LogP contribution in [0.1, 0.15) is 10.5 Å². The lowest BCUT2D eigenvalue weighted by atomic mass is 10.2. The van der Waals surface area contributed by atoms with E-state index >= 15 is 0 Å². The third kappa shape index (κ3) is 3.62. The van der Waals surface area contributed by atoms with Gasteiger partial charge in [-0.05, 0) is 48.5 Å². The molecule has 0 spiro atoms. The summed E-state index contributed by atoms with van der Waals surface area (Å²) >= 11 is 5.93. The van der Waals surface area contributed by atoms with Gasteiger partial charge in [-0.25, -0.2) is 23.3 Å². The Labute approximate surface area is 155 Å². The molecular formula is C17H14ClN3O4S. The molecule has 2 aromatic carbocycles. The third-order valence-corrected chi connectivity index (χ3v) is 4.83. The molecule has 2 N–H and O–H groups in total. The first-order valence-electron chi connectivity index (χ1n) is 7.36. The van der Waals surface area contributed by atoms with Gasteiger partial charge >= 0.3 is 5.97 Å². The molecule has 0 saturated carbocycles. The topological polar surface area (TPSA) is 104 Å². The molecule has 3 rings (SSSR count). The van der Waals surface area contributed by atoms with Crippen LogP contribution in [0.3, 0.4) is 0 Å². The second kappa shape index (κ2) is 6.91. The van der Waals surface area contributed by atoms with Crippen molar-refractivity contribution in [2.75, 3.05) is 7.11 Å². The van der Waals surface area contributed by atoms with Crippen LogP contribution in [0.4, 0.5) is 0 Å². The molecule has 26 heavy (non-hydrogen) atoms. The summed E-state index contributed by atoms with van der Waals surface area (Å²) in [4.78, 5) is 16.2. The summed E-state index contributed by atoms with van der Waals surface area (Å²) in [6.45, 7) is 0. The van der Waals surface area contributed by atoms with E-state index in [-0.39, 0.29) is 10.6 Å². The Morgan fingerprint density at radius 2 is 1.73 bits per heavy atom. The highest BCUT2D eigenvalue weighted by Crippen LogP contribution is 2.25. The summed E-state index contributed by atoms with van der Waals surface area (Å²) in [7, 11) is -2.53. The lowest BCUT2D eigenvalue weighted by Gasteiger charge is -2.08. The number of ether oxygens (including phenoxy) is 1. The Kier molecular flexibility index (Phi) is 4.82. The number of halogens is 1. The molecule has 0 aliphatic heterocycles. The van der Waals surface area contributed by atoms with E-state index in [1.807, 2.05) is 0 Å². The van der Waals surface area contributed by atoms with E-state index in [0.717, 1.165) is 5.69 Å². The number of nitrogens with two attached hydrogens (primary N) is 1. The van der Waals surface area contributed by atoms with E-state index in [1.54, 1.807) is 41.0 Å². The normalized spacial score (nSPS) is 11.3. The number of methoxy groups -OCH3 is 1. The smallest absolute Gasteiger partial charge is 0.358 e. The van der Waals surface area contributed by atoms with Gasteiger partial charge in [0.05, 0.1) is 12.0 Å². The summed E-state index contributed by atoms with van der Waals surface area (Å²) in [5.74, 6) is -0.145. The molecule has 0 radical (unpaired) electrons. The van der Waals surface area contributed by atoms with Crippen LogP contribution in [0.15, 0.2) is 59.6 Å². The number of carbonyl (C=O) groups excluding carboxylic acids is 1. The molecule has 0 aliphatic carbocycles. The summed E-state index contributed by atoms with van der Waals surface area (Å²) in [5.41, 5.74) is 1.44. The highest BCUT2D eigenvalue weighted by atomic mass is 35.5. The van der Waals surface area contributed by atoms with Crippen molar-refractivity contribution in [2.45, 2.75) is 4.90 Å². The van der Waals surface area contributed by atoms with Gasteiger partial charge < -0.3 is 4.74 Å². The van der Waals surface area contributed by atoms with E-state index in [0.29, 0.717) is 16.4 Å². The molecule has 3 aromatic rings. The number of hydrogen-bond donors (Lipinski definition) is 1. The molecule has 0 bridgehead atoms. The molecular weight excluding hydrogens is 378 g/mol. The molecule has 0 fully saturated rings. The minimum Gasteiger partial charge on any atom is -0.464 e. The molecule has 0 amide bonds. The number of primary sulfonamides is 1. The van der Waals surface area contributed by atoms with Crippen LogP contribution < -0.4 is 5.14 Å². The summed E-state index contributed by atoms with van der Waals surface area (Å²) in [6, 6.07) is 12.9. The Morgan fingerprint density at radius 1 is 1.12 bits per heavy atom. The molecule has 134 valence electrons. The van der Waals surface area contributed by atoms with Crippen molar-refractivity contribution in [1.29, 1.82) is 0 Å². The number of benzene rings is 2. The van der Waals surface area contributed by atoms with Crippen LogP contribution in [-0.2, 0) is 14.8 Å². The fourth-order valence-corrected chi connectivity index (χ4v) is 3.02. The van der Waals surface area contributed by atoms with Gasteiger partial charge in [-0.3, -0.25) is 4.57 Å². The third-order valence-electron chi connectivity index (χ3n) is 3.65. The monoisotopic (exact) mass is 391 g/mol. The Balaban J connectivity index is 2.14. The van der Waals surface area contributed by atoms with Gasteiger partial charge in [-0.2, -0.15) is 0 Å². The first-order valence-corrected chi connectivity index (χ1v) is 9.29. The van der Waals surface area contributed by atoms with Gasteiger partial charge in [0.15, 0.2) is 5.69 Å². The van der Waals surface area contributed by atoms with E-state index in [1.165, 1.54) is 25.4 Å². The van der Waals surface area contributed by atoms with Crippen molar-refractivity contribution in [3.63, 3.8) is 0 Å². The van der Waals surface area contributed by atoms with Crippen LogP contribution >= 0.6 is 11.6 Å². The van der Waals surface area contributed by atoms with Gasteiger partial charge in [0.1, 0.15) is 5.82 Å². The number of nitrogens with zero attached hydrogens (tertiary/aromatic N) is 2. The van der Waals surface area contributed by atoms with Crippen molar-refractivity contribution < 1.29 is 17.9 Å². The van der Waals surface area contributed by atoms with E-state index in [2.05, 4.69) is 4.98 Å². The van der Waals surface area contributed by atoms with Crippen LogP contribution in [0.25, 0.3) is 17.1 Å². The van der Waals surface area contributed by atoms with Gasteiger partial charge in [-0.15, -0.1) is 0 Å². The largest absolute Gasteiger partial charge is 0.464 e. The highest BCUT2D eigenvalue weighted by molar-refractivity contribution is 7.89. The molecule has 1 heterocycles. The quantitative estimate of drug-likeness (QED) is 0.688. The van der Waals surface area contributed by atoms with Gasteiger partial charge in [0.2, 0.25) is 10.0 Å². The van der Waals surface area contributed by atoms with Crippen LogP contribution in [0, 0.1) is 0 Å². The maximum absolute atomic E-state index is 11.9. The van der Waals surface area contributed by atoms with Crippen molar-refractivity contribution in [3.8, 4) is 17.1 Å². The van der Waals surface area contributed by atoms with Gasteiger partial charge in [0, 0.05) is 22.5 Å². The average molecular weight is 392 g/mol. The number of imidazole rings is 1. The SMILES string of the molecule is COC(=O)c1cn(-c2ccc(Cl)cc2)c(-c2ccc(S(N)(=O)=O)cc2)n1. The molecule has 0 aliphatic rings. The number of hydrogen-bond acceptors (Lipinski definition) is 5. The van der Waals surface area contributed by atoms with Crippen molar-refractivity contribution in [3.05, 3.63) is 65.4 Å². The standard InChI is InChI=1S/C17H14ClN3O4S/c1-25-17(22)15-10-21(13-6-4-12(18)5-7-13)16(20-15)11-2-8-14(9-3-11)26(19,23)24/h2-10H,1H3,(H2,19,23,24). The van der Waals surface area contributed by atoms with Crippen LogP contribution in [0.2, 0.25) is 5.02 Å². The number of aromatic nitrogens is 2. The van der Waals surface area contributed by atoms with Gasteiger partial charge in [0.25, 0.3) is 0 Å². The second-order valence-electron chi connectivity index (χ2n) is 5.36. The Hall–Kier alpha value is -2.68. The predicted molar refractivity (Wildman–Crippen MR) is 96.7 cm³/mol. The number of carbonyl (C=O) groups is 1. The summed E-state index contributed by atoms with van der Waals surface area (Å²) in [6.07, 6.45) is 1.54. The maximum atomic E-state index is 11.9. The van der Waals surface area contributed by atoms with Crippen LogP contribution in [0.5, 0.6) is 0 Å². The van der Waals surface area contributed by atoms with Crippen molar-refractivity contribution in [2.24, 2.45) is 5.14 Å². The fraction of sp³-hybridized carbons (Fsp3) is 0.0588. The molecule has 0 unspecified atom stereocenters. The van der Waals surface area contributed by atoms with Crippen LogP contribution in [-0.4, -0.2) is 31.0 Å². The molecule has 7 nitrogen and oxygen atoms in total. The van der Waals surface area contributed by atoms with Gasteiger partial charge in [-0.1, -0.05) is 11.6 Å². The minimum absolute atomic E-state index is 0.0148. The maximum Gasteiger partial charge on any atom is 0.358 e. The molecule has 1 aromatic heterocycles. The van der Waals surface area contributed by atoms with Crippen molar-refractivity contribution in [1.82, 2.24) is 9.55 Å². The molecule has 0 saturated heterocycles. The highest BCUT2D eigenvalue weighted by Gasteiger charge is 2.18. The first kappa shape index (κ1) is 18.1. The number of sulfonamides is 1. The lowest BCUT2D eigenvalue weighted by molar-refractivity contribution is 0.0594. The summed E-state index contributed by atoms with van der Waals surface area (Å²) < 4.78 is 29.2. The van der Waals surface area contributed by atoms with E-state index < -0.39 is 16.0 Å². The first-order chi connectivity index (χ1) is 12.3. The molecule has 9 heteroatoms. The Bertz CT molecular complexity index is 1060. The lowest BCUT2D eigenvalue weighted by Crippen LogP contribution is -2.11. The zero-order chi connectivity index (χ0) is 18.9. The number of rotatable bonds is 4. The van der Waals surface area contributed by atoms with E-state index in [9.17, 15) is 13.2 Å². The molecule has 0 atom stereocenters. The average Bonchev–Trinajstić information content (AvgIpc) is 3.06. The van der Waals surface area contributed by atoms with Crippen molar-refractivity contribution >= 4 is 27.6 Å². The zero-order valence-electron chi connectivity index (χ0n) is 13.6. The predicted octanol–water partition coefficient (Wildman–Crippen LogP) is 2.63. The second-order valence-corrected chi connectivity index (χ2v) is 7.35.